The number of nitrogens with zero attached hydrogens (tertiary/aromatic N) is 8. The van der Waals surface area contributed by atoms with Gasteiger partial charge in [0, 0.05) is 136 Å². The van der Waals surface area contributed by atoms with E-state index in [4.69, 9.17) is 0 Å². The Morgan fingerprint density at radius 2 is 0.661 bits per heavy atom. The molecule has 0 N–H and O–H groups in total. The van der Waals surface area contributed by atoms with Crippen molar-refractivity contribution < 1.29 is 0 Å². The third-order valence-electron chi connectivity index (χ3n) is 10.8. The van der Waals surface area contributed by atoms with E-state index in [9.17, 15) is 10.5 Å². The summed E-state index contributed by atoms with van der Waals surface area (Å²) in [4.78, 5) is 9.18. The molecule has 5 rings (SSSR count). The highest BCUT2D eigenvalue weighted by atomic mass is 15.1. The zero-order valence-corrected chi connectivity index (χ0v) is 34.6. The first-order chi connectivity index (χ1) is 27.3. The van der Waals surface area contributed by atoms with Crippen LogP contribution in [0.15, 0.2) is 109 Å². The molecule has 4 aromatic rings. The van der Waals surface area contributed by atoms with Crippen molar-refractivity contribution in [3.8, 4) is 12.1 Å². The molecule has 0 amide bonds. The summed E-state index contributed by atoms with van der Waals surface area (Å²) in [5.74, 6) is 0. The van der Waals surface area contributed by atoms with E-state index in [1.165, 1.54) is 0 Å². The van der Waals surface area contributed by atoms with Crippen molar-refractivity contribution in [1.82, 2.24) is 9.15 Å². The second-order valence-corrected chi connectivity index (χ2v) is 13.5. The van der Waals surface area contributed by atoms with Crippen LogP contribution in [0.4, 0.5) is 45.5 Å². The molecule has 0 bridgehead atoms. The molecule has 0 spiro atoms. The number of rotatable bonds is 16. The normalized spacial score (nSPS) is 11.9. The van der Waals surface area contributed by atoms with Crippen molar-refractivity contribution in [3.63, 3.8) is 0 Å². The molecule has 0 heterocycles. The molecule has 8 heteroatoms. The van der Waals surface area contributed by atoms with Crippen LogP contribution in [0.1, 0.15) is 66.5 Å². The quantitative estimate of drug-likeness (QED) is 0.0840. The monoisotopic (exact) mass is 746 g/mol. The number of allylic oxidation sites excluding steroid dienone is 4. The Morgan fingerprint density at radius 1 is 0.393 bits per heavy atom. The summed E-state index contributed by atoms with van der Waals surface area (Å²) in [6, 6.07) is 34.6. The van der Waals surface area contributed by atoms with Gasteiger partial charge in [0.1, 0.15) is 23.3 Å². The fraction of sp³-hybridized carbons (Fsp3) is 0.333. The summed E-state index contributed by atoms with van der Waals surface area (Å²) in [7, 11) is 0. The molecule has 0 aliphatic heterocycles. The molecular formula is C48H58N8+2. The molecule has 0 unspecified atom stereocenters. The van der Waals surface area contributed by atoms with Crippen LogP contribution in [0.25, 0.3) is 0 Å². The van der Waals surface area contributed by atoms with Crippen molar-refractivity contribution >= 4 is 56.9 Å². The molecular weight excluding hydrogens is 689 g/mol. The Labute approximate surface area is 335 Å². The first-order valence-corrected chi connectivity index (χ1v) is 20.3. The number of benzene rings is 4. The van der Waals surface area contributed by atoms with E-state index in [2.05, 4.69) is 193 Å². The standard InChI is InChI=1S/C48H58N8/c1-9-51(10-2)39-17-21-41(22-18-39)55(47-31-29-45(33-37(47)35-49)53(13-5)14-6)43-25-27-44(28-26-43)56(42-23-19-40(20-24-42)52(11-3)12-4)48-32-30-46(34-38(48)36-50)54(15-7)16-8/h17-34H,9-16H2,1-8H3/q+2. The zero-order valence-electron chi connectivity index (χ0n) is 34.6. The van der Waals surface area contributed by atoms with Crippen molar-refractivity contribution in [2.45, 2.75) is 55.4 Å². The molecule has 0 fully saturated rings. The molecule has 1 aliphatic rings. The Bertz CT molecular complexity index is 1990. The number of hydrogen-bond donors (Lipinski definition) is 0. The Balaban J connectivity index is 1.73. The topological polar surface area (TPSA) is 66.6 Å². The van der Waals surface area contributed by atoms with Crippen molar-refractivity contribution in [1.29, 1.82) is 10.5 Å². The lowest BCUT2D eigenvalue weighted by Gasteiger charge is -2.22. The number of hydrogen-bond acceptors (Lipinski definition) is 6. The molecule has 8 nitrogen and oxygen atoms in total. The Hall–Kier alpha value is -6.12. The van der Waals surface area contributed by atoms with Gasteiger partial charge in [-0.25, -0.2) is 0 Å². The first kappa shape index (κ1) is 41.1. The van der Waals surface area contributed by atoms with Gasteiger partial charge in [-0.05, 0) is 104 Å². The lowest BCUT2D eigenvalue weighted by Crippen LogP contribution is -2.24. The van der Waals surface area contributed by atoms with Crippen molar-refractivity contribution in [2.75, 3.05) is 72.0 Å². The minimum atomic E-state index is 0.605. The van der Waals surface area contributed by atoms with Crippen LogP contribution < -0.4 is 28.8 Å². The van der Waals surface area contributed by atoms with Gasteiger partial charge in [0.2, 0.25) is 34.2 Å². The molecule has 0 aromatic heterocycles. The minimum Gasteiger partial charge on any atom is -0.372 e. The van der Waals surface area contributed by atoms with Crippen molar-refractivity contribution in [2.24, 2.45) is 0 Å². The lowest BCUT2D eigenvalue weighted by atomic mass is 10.1. The summed E-state index contributed by atoms with van der Waals surface area (Å²) in [6.45, 7) is 24.4. The molecule has 4 aromatic carbocycles. The predicted octanol–water partition coefficient (Wildman–Crippen LogP) is 10.2. The molecule has 288 valence electrons. The third-order valence-corrected chi connectivity index (χ3v) is 10.8. The van der Waals surface area contributed by atoms with Gasteiger partial charge < -0.3 is 19.6 Å². The fourth-order valence-electron chi connectivity index (χ4n) is 7.60. The first-order valence-electron chi connectivity index (χ1n) is 20.3. The zero-order chi connectivity index (χ0) is 40.2. The number of anilines is 4. The van der Waals surface area contributed by atoms with Crippen LogP contribution in [-0.4, -0.2) is 63.8 Å². The Kier molecular flexibility index (Phi) is 14.3. The highest BCUT2D eigenvalue weighted by molar-refractivity contribution is 6.21. The van der Waals surface area contributed by atoms with Gasteiger partial charge in [-0.15, -0.1) is 0 Å². The number of nitriles is 2. The molecule has 0 radical (unpaired) electrons. The van der Waals surface area contributed by atoms with Crippen LogP contribution in [-0.2, 0) is 0 Å². The highest BCUT2D eigenvalue weighted by Crippen LogP contribution is 2.33. The summed E-state index contributed by atoms with van der Waals surface area (Å²) in [5, 5.41) is 21.1. The van der Waals surface area contributed by atoms with Gasteiger partial charge in [0.05, 0.1) is 0 Å². The van der Waals surface area contributed by atoms with Gasteiger partial charge in [0.15, 0.2) is 0 Å². The molecule has 0 saturated heterocycles. The predicted molar refractivity (Wildman–Crippen MR) is 241 cm³/mol. The summed E-state index contributed by atoms with van der Waals surface area (Å²) < 4.78 is 4.34. The summed E-state index contributed by atoms with van der Waals surface area (Å²) in [5.41, 5.74) is 11.0. The van der Waals surface area contributed by atoms with E-state index in [-0.39, 0.29) is 0 Å². The SMILES string of the molecule is CCN(CC)c1ccc([N+](=C2C=CC(=[N+](c3ccc(N(CC)CC)cc3)c3ccc(N(CC)CC)cc3C#N)C=C2)c2ccc(N(CC)CC)cc2C#N)cc1. The average Bonchev–Trinajstić information content (AvgIpc) is 3.25. The molecule has 56 heavy (non-hydrogen) atoms. The second kappa shape index (κ2) is 19.5. The molecule has 0 saturated carbocycles. The maximum absolute atomic E-state index is 10.5. The Morgan fingerprint density at radius 3 is 0.929 bits per heavy atom. The van der Waals surface area contributed by atoms with Gasteiger partial charge in [-0.1, -0.05) is 0 Å². The van der Waals surface area contributed by atoms with E-state index >= 15 is 0 Å². The largest absolute Gasteiger partial charge is 0.372 e. The fourth-order valence-corrected chi connectivity index (χ4v) is 7.60. The maximum Gasteiger partial charge on any atom is 0.229 e. The molecule has 0 atom stereocenters. The van der Waals surface area contributed by atoms with Crippen LogP contribution in [0, 0.1) is 22.7 Å². The van der Waals surface area contributed by atoms with E-state index in [1.807, 2.05) is 12.1 Å². The second-order valence-electron chi connectivity index (χ2n) is 13.5. The highest BCUT2D eigenvalue weighted by Gasteiger charge is 2.28. The van der Waals surface area contributed by atoms with Gasteiger partial charge >= 0.3 is 0 Å². The van der Waals surface area contributed by atoms with Crippen LogP contribution in [0.2, 0.25) is 0 Å². The van der Waals surface area contributed by atoms with Gasteiger partial charge in [0.25, 0.3) is 0 Å². The maximum atomic E-state index is 10.5. The third kappa shape index (κ3) is 8.72. The smallest absolute Gasteiger partial charge is 0.229 e. The van der Waals surface area contributed by atoms with Crippen molar-refractivity contribution in [3.05, 3.63) is 120 Å². The average molecular weight is 747 g/mol. The summed E-state index contributed by atoms with van der Waals surface area (Å²) >= 11 is 0. The van der Waals surface area contributed by atoms with Crippen LogP contribution in [0.5, 0.6) is 0 Å². The summed E-state index contributed by atoms with van der Waals surface area (Å²) in [6.07, 6.45) is 8.45. The minimum absolute atomic E-state index is 0.605. The van der Waals surface area contributed by atoms with E-state index in [0.717, 1.165) is 109 Å². The van der Waals surface area contributed by atoms with Gasteiger partial charge in [-0.2, -0.15) is 19.7 Å². The van der Waals surface area contributed by atoms with Gasteiger partial charge in [-0.3, -0.25) is 0 Å². The lowest BCUT2D eigenvalue weighted by molar-refractivity contribution is 0.864. The van der Waals surface area contributed by atoms with Crippen LogP contribution in [0.3, 0.4) is 0 Å². The van der Waals surface area contributed by atoms with E-state index in [0.29, 0.717) is 11.1 Å². The van der Waals surface area contributed by atoms with E-state index < -0.39 is 0 Å². The molecule has 1 aliphatic carbocycles. The van der Waals surface area contributed by atoms with E-state index in [1.54, 1.807) is 0 Å². The van der Waals surface area contributed by atoms with Crippen LogP contribution >= 0.6 is 0 Å².